The molecular formula is C13H24N4O. The molecule has 18 heavy (non-hydrogen) atoms. The summed E-state index contributed by atoms with van der Waals surface area (Å²) in [6.07, 6.45) is 4.41. The molecule has 1 aromatic heterocycles. The predicted octanol–water partition coefficient (Wildman–Crippen LogP) is 1.47. The lowest BCUT2D eigenvalue weighted by Crippen LogP contribution is -2.32. The molecular weight excluding hydrogens is 228 g/mol. The molecule has 0 atom stereocenters. The van der Waals surface area contributed by atoms with Crippen molar-refractivity contribution in [2.24, 2.45) is 0 Å². The Morgan fingerprint density at radius 2 is 2.11 bits per heavy atom. The second kappa shape index (κ2) is 7.16. The molecule has 0 aliphatic rings. The second-order valence-corrected chi connectivity index (χ2v) is 5.07. The first-order valence-electron chi connectivity index (χ1n) is 6.52. The Morgan fingerprint density at radius 1 is 1.39 bits per heavy atom. The fourth-order valence-electron chi connectivity index (χ4n) is 1.58. The van der Waals surface area contributed by atoms with Gasteiger partial charge in [0.1, 0.15) is 0 Å². The van der Waals surface area contributed by atoms with Crippen LogP contribution in [0.3, 0.4) is 0 Å². The highest BCUT2D eigenvalue weighted by molar-refractivity contribution is 5.76. The highest BCUT2D eigenvalue weighted by Gasteiger charge is 2.04. The molecule has 5 nitrogen and oxygen atoms in total. The summed E-state index contributed by atoms with van der Waals surface area (Å²) in [7, 11) is 0. The first kappa shape index (κ1) is 14.7. The predicted molar refractivity (Wildman–Crippen MR) is 72.2 cm³/mol. The molecule has 0 saturated carbocycles. The molecule has 0 spiro atoms. The number of carbonyl (C=O) groups excluding carboxylic acids is 1. The van der Waals surface area contributed by atoms with Gasteiger partial charge in [0, 0.05) is 43.4 Å². The number of rotatable bonds is 7. The SMILES string of the molecule is CC(C)NC(=O)CCNCc1cnn(C(C)C)c1. The summed E-state index contributed by atoms with van der Waals surface area (Å²) in [6, 6.07) is 0.595. The first-order chi connectivity index (χ1) is 8.49. The molecule has 102 valence electrons. The van der Waals surface area contributed by atoms with Crippen molar-refractivity contribution in [1.82, 2.24) is 20.4 Å². The first-order valence-corrected chi connectivity index (χ1v) is 6.52. The molecule has 0 aliphatic carbocycles. The van der Waals surface area contributed by atoms with E-state index in [2.05, 4.69) is 29.6 Å². The Labute approximate surface area is 109 Å². The minimum atomic E-state index is 0.0929. The summed E-state index contributed by atoms with van der Waals surface area (Å²) in [5.74, 6) is 0.0929. The van der Waals surface area contributed by atoms with Crippen LogP contribution in [0.2, 0.25) is 0 Å². The van der Waals surface area contributed by atoms with Crippen molar-refractivity contribution in [3.05, 3.63) is 18.0 Å². The summed E-state index contributed by atoms with van der Waals surface area (Å²) in [5, 5.41) is 10.4. The number of nitrogens with one attached hydrogen (secondary N) is 2. The van der Waals surface area contributed by atoms with Gasteiger partial charge in [-0.2, -0.15) is 5.10 Å². The summed E-state index contributed by atoms with van der Waals surface area (Å²) in [6.45, 7) is 9.56. The van der Waals surface area contributed by atoms with E-state index >= 15 is 0 Å². The van der Waals surface area contributed by atoms with Crippen LogP contribution in [0.1, 0.15) is 45.7 Å². The molecule has 0 unspecified atom stereocenters. The number of carbonyl (C=O) groups is 1. The van der Waals surface area contributed by atoms with E-state index in [9.17, 15) is 4.79 Å². The van der Waals surface area contributed by atoms with Gasteiger partial charge in [-0.15, -0.1) is 0 Å². The Kier molecular flexibility index (Phi) is 5.85. The molecule has 0 aliphatic heterocycles. The van der Waals surface area contributed by atoms with Crippen LogP contribution in [0, 0.1) is 0 Å². The van der Waals surface area contributed by atoms with E-state index in [-0.39, 0.29) is 11.9 Å². The van der Waals surface area contributed by atoms with Crippen LogP contribution < -0.4 is 10.6 Å². The zero-order chi connectivity index (χ0) is 13.5. The van der Waals surface area contributed by atoms with Gasteiger partial charge >= 0.3 is 0 Å². The van der Waals surface area contributed by atoms with E-state index in [0.29, 0.717) is 19.0 Å². The van der Waals surface area contributed by atoms with Crippen LogP contribution in [0.4, 0.5) is 0 Å². The van der Waals surface area contributed by atoms with Gasteiger partial charge in [-0.05, 0) is 27.7 Å². The zero-order valence-corrected chi connectivity index (χ0v) is 11.7. The minimum absolute atomic E-state index is 0.0929. The molecule has 2 N–H and O–H groups in total. The molecule has 0 bridgehead atoms. The van der Waals surface area contributed by atoms with Gasteiger partial charge in [0.05, 0.1) is 6.20 Å². The maximum Gasteiger partial charge on any atom is 0.221 e. The number of hydrogen-bond donors (Lipinski definition) is 2. The standard InChI is InChI=1S/C13H24N4O/c1-10(2)16-13(18)5-6-14-7-12-8-15-17(9-12)11(3)4/h8-11,14H,5-7H2,1-4H3,(H,16,18). The number of amides is 1. The minimum Gasteiger partial charge on any atom is -0.354 e. The van der Waals surface area contributed by atoms with Crippen molar-refractivity contribution in [2.75, 3.05) is 6.54 Å². The number of aromatic nitrogens is 2. The van der Waals surface area contributed by atoms with Gasteiger partial charge in [-0.1, -0.05) is 0 Å². The van der Waals surface area contributed by atoms with E-state index in [1.165, 1.54) is 0 Å². The van der Waals surface area contributed by atoms with Gasteiger partial charge < -0.3 is 10.6 Å². The quantitative estimate of drug-likeness (QED) is 0.722. The molecule has 1 heterocycles. The zero-order valence-electron chi connectivity index (χ0n) is 11.7. The van der Waals surface area contributed by atoms with Crippen LogP contribution in [-0.2, 0) is 11.3 Å². The topological polar surface area (TPSA) is 59.0 Å². The maximum absolute atomic E-state index is 11.4. The lowest BCUT2D eigenvalue weighted by molar-refractivity contribution is -0.121. The average molecular weight is 252 g/mol. The Morgan fingerprint density at radius 3 is 2.67 bits per heavy atom. The molecule has 1 aromatic rings. The molecule has 1 rings (SSSR count). The third-order valence-corrected chi connectivity index (χ3v) is 2.49. The third-order valence-electron chi connectivity index (χ3n) is 2.49. The van der Waals surface area contributed by atoms with Crippen LogP contribution >= 0.6 is 0 Å². The van der Waals surface area contributed by atoms with Gasteiger partial charge in [-0.25, -0.2) is 0 Å². The lowest BCUT2D eigenvalue weighted by atomic mass is 10.3. The van der Waals surface area contributed by atoms with Crippen LogP contribution in [0.5, 0.6) is 0 Å². The van der Waals surface area contributed by atoms with Gasteiger partial charge in [0.15, 0.2) is 0 Å². The van der Waals surface area contributed by atoms with Gasteiger partial charge in [0.2, 0.25) is 5.91 Å². The molecule has 0 aromatic carbocycles. The third kappa shape index (κ3) is 5.31. The van der Waals surface area contributed by atoms with Crippen molar-refractivity contribution in [2.45, 2.75) is 52.7 Å². The monoisotopic (exact) mass is 252 g/mol. The summed E-state index contributed by atoms with van der Waals surface area (Å²) in [4.78, 5) is 11.4. The molecule has 1 amide bonds. The van der Waals surface area contributed by atoms with E-state index in [4.69, 9.17) is 0 Å². The summed E-state index contributed by atoms with van der Waals surface area (Å²) >= 11 is 0. The van der Waals surface area contributed by atoms with Crippen molar-refractivity contribution in [3.8, 4) is 0 Å². The normalized spacial score (nSPS) is 11.2. The molecule has 5 heteroatoms. The number of nitrogens with zero attached hydrogens (tertiary/aromatic N) is 2. The smallest absolute Gasteiger partial charge is 0.221 e. The van der Waals surface area contributed by atoms with Crippen molar-refractivity contribution >= 4 is 5.91 Å². The summed E-state index contributed by atoms with van der Waals surface area (Å²) < 4.78 is 1.93. The fourth-order valence-corrected chi connectivity index (χ4v) is 1.58. The summed E-state index contributed by atoms with van der Waals surface area (Å²) in [5.41, 5.74) is 1.15. The largest absolute Gasteiger partial charge is 0.354 e. The van der Waals surface area contributed by atoms with Crippen molar-refractivity contribution in [1.29, 1.82) is 0 Å². The van der Waals surface area contributed by atoms with Crippen LogP contribution in [0.25, 0.3) is 0 Å². The van der Waals surface area contributed by atoms with Gasteiger partial charge in [0.25, 0.3) is 0 Å². The number of hydrogen-bond acceptors (Lipinski definition) is 3. The highest BCUT2D eigenvalue weighted by Crippen LogP contribution is 2.04. The van der Waals surface area contributed by atoms with E-state index in [0.717, 1.165) is 12.1 Å². The van der Waals surface area contributed by atoms with Crippen LogP contribution in [-0.4, -0.2) is 28.3 Å². The van der Waals surface area contributed by atoms with E-state index in [1.807, 2.05) is 30.9 Å². The van der Waals surface area contributed by atoms with E-state index < -0.39 is 0 Å². The lowest BCUT2D eigenvalue weighted by Gasteiger charge is -2.08. The fraction of sp³-hybridized carbons (Fsp3) is 0.692. The molecule has 0 saturated heterocycles. The second-order valence-electron chi connectivity index (χ2n) is 5.07. The highest BCUT2D eigenvalue weighted by atomic mass is 16.1. The van der Waals surface area contributed by atoms with Crippen molar-refractivity contribution in [3.63, 3.8) is 0 Å². The van der Waals surface area contributed by atoms with E-state index in [1.54, 1.807) is 0 Å². The van der Waals surface area contributed by atoms with Crippen LogP contribution in [0.15, 0.2) is 12.4 Å². The average Bonchev–Trinajstić information content (AvgIpc) is 2.72. The van der Waals surface area contributed by atoms with Crippen molar-refractivity contribution < 1.29 is 4.79 Å². The molecule has 0 fully saturated rings. The Hall–Kier alpha value is -1.36. The Bertz CT molecular complexity index is 371. The van der Waals surface area contributed by atoms with Gasteiger partial charge in [-0.3, -0.25) is 9.48 Å². The maximum atomic E-state index is 11.4. The molecule has 0 radical (unpaired) electrons. The Balaban J connectivity index is 2.19.